The van der Waals surface area contributed by atoms with E-state index in [9.17, 15) is 4.79 Å². The predicted molar refractivity (Wildman–Crippen MR) is 93.1 cm³/mol. The first-order chi connectivity index (χ1) is 11.1. The van der Waals surface area contributed by atoms with Crippen LogP contribution in [-0.4, -0.2) is 31.4 Å². The third-order valence-electron chi connectivity index (χ3n) is 4.77. The number of ether oxygens (including phenoxy) is 2. The first-order valence-electron chi connectivity index (χ1n) is 7.96. The summed E-state index contributed by atoms with van der Waals surface area (Å²) in [6.07, 6.45) is 0. The molecule has 0 unspecified atom stereocenters. The quantitative estimate of drug-likeness (QED) is 0.365. The lowest BCUT2D eigenvalue weighted by atomic mass is 9.76. The molecular formula is C18H25BO5. The molecule has 0 aromatic heterocycles. The van der Waals surface area contributed by atoms with Crippen LogP contribution in [0.5, 0.6) is 11.5 Å². The zero-order valence-corrected chi connectivity index (χ0v) is 15.4. The number of benzene rings is 1. The van der Waals surface area contributed by atoms with Crippen LogP contribution in [0.1, 0.15) is 41.5 Å². The van der Waals surface area contributed by atoms with Crippen LogP contribution < -0.4 is 9.47 Å². The monoisotopic (exact) mass is 332 g/mol. The van der Waals surface area contributed by atoms with Crippen molar-refractivity contribution in [2.45, 2.75) is 52.7 Å². The second-order valence-corrected chi connectivity index (χ2v) is 6.96. The van der Waals surface area contributed by atoms with E-state index >= 15 is 0 Å². The van der Waals surface area contributed by atoms with Crippen LogP contribution in [0.3, 0.4) is 0 Å². The lowest BCUT2D eigenvalue weighted by Crippen LogP contribution is -2.41. The van der Waals surface area contributed by atoms with Crippen molar-refractivity contribution in [3.8, 4) is 11.5 Å². The van der Waals surface area contributed by atoms with Crippen LogP contribution in [-0.2, 0) is 14.1 Å². The van der Waals surface area contributed by atoms with Crippen molar-refractivity contribution in [3.05, 3.63) is 35.3 Å². The molecule has 1 fully saturated rings. The van der Waals surface area contributed by atoms with E-state index in [2.05, 4.69) is 0 Å². The van der Waals surface area contributed by atoms with Crippen LogP contribution in [0.25, 0.3) is 0 Å². The summed E-state index contributed by atoms with van der Waals surface area (Å²) in [6.45, 7) is 11.5. The standard InChI is InChI=1S/C18H25BO5/c1-12(13(2)19-23-17(3,4)18(5,6)24-19)16(20)22-15-10-8-14(21-7)9-11-15/h8-11H,1-7H3/b13-12-. The summed E-state index contributed by atoms with van der Waals surface area (Å²) in [5, 5.41) is 0. The van der Waals surface area contributed by atoms with Crippen molar-refractivity contribution < 1.29 is 23.6 Å². The predicted octanol–water partition coefficient (Wildman–Crippen LogP) is 3.57. The highest BCUT2D eigenvalue weighted by Gasteiger charge is 2.52. The second-order valence-electron chi connectivity index (χ2n) is 6.96. The number of carbonyl (C=O) groups excluding carboxylic acids is 1. The fourth-order valence-electron chi connectivity index (χ4n) is 2.18. The Morgan fingerprint density at radius 3 is 1.88 bits per heavy atom. The van der Waals surface area contributed by atoms with Gasteiger partial charge in [-0.05, 0) is 71.3 Å². The molecule has 5 nitrogen and oxygen atoms in total. The average Bonchev–Trinajstić information content (AvgIpc) is 2.74. The average molecular weight is 332 g/mol. The maximum Gasteiger partial charge on any atom is 0.490 e. The molecule has 1 aromatic carbocycles. The minimum Gasteiger partial charge on any atom is -0.497 e. The van der Waals surface area contributed by atoms with Gasteiger partial charge in [-0.2, -0.15) is 0 Å². The molecule has 6 heteroatoms. The van der Waals surface area contributed by atoms with E-state index in [1.54, 1.807) is 38.3 Å². The number of carbonyl (C=O) groups is 1. The molecule has 1 aliphatic heterocycles. The molecule has 24 heavy (non-hydrogen) atoms. The molecule has 1 aliphatic rings. The van der Waals surface area contributed by atoms with Gasteiger partial charge in [-0.1, -0.05) is 0 Å². The van der Waals surface area contributed by atoms with Gasteiger partial charge in [0.05, 0.1) is 18.3 Å². The minimum atomic E-state index is -0.557. The van der Waals surface area contributed by atoms with E-state index in [0.717, 1.165) is 0 Å². The van der Waals surface area contributed by atoms with Gasteiger partial charge in [0, 0.05) is 5.57 Å². The Hall–Kier alpha value is -1.79. The van der Waals surface area contributed by atoms with Gasteiger partial charge in [0.15, 0.2) is 0 Å². The van der Waals surface area contributed by atoms with Crippen LogP contribution >= 0.6 is 0 Å². The Morgan fingerprint density at radius 2 is 1.42 bits per heavy atom. The van der Waals surface area contributed by atoms with Gasteiger partial charge in [0.1, 0.15) is 11.5 Å². The normalized spacial score (nSPS) is 19.7. The second kappa shape index (κ2) is 6.61. The zero-order chi connectivity index (χ0) is 18.1. The molecule has 0 bridgehead atoms. The molecule has 1 aromatic rings. The van der Waals surface area contributed by atoms with Crippen molar-refractivity contribution in [3.63, 3.8) is 0 Å². The number of rotatable bonds is 4. The summed E-state index contributed by atoms with van der Waals surface area (Å²) in [4.78, 5) is 12.4. The summed E-state index contributed by atoms with van der Waals surface area (Å²) in [5.41, 5.74) is 0.301. The Kier molecular flexibility index (Phi) is 5.11. The highest BCUT2D eigenvalue weighted by Crippen LogP contribution is 2.39. The smallest absolute Gasteiger partial charge is 0.490 e. The van der Waals surface area contributed by atoms with Crippen molar-refractivity contribution in [1.82, 2.24) is 0 Å². The summed E-state index contributed by atoms with van der Waals surface area (Å²) in [5.74, 6) is 0.740. The van der Waals surface area contributed by atoms with Gasteiger partial charge in [-0.25, -0.2) is 4.79 Å². The summed E-state index contributed by atoms with van der Waals surface area (Å²) < 4.78 is 22.4. The highest BCUT2D eigenvalue weighted by atomic mass is 16.7. The van der Waals surface area contributed by atoms with Gasteiger partial charge in [0.25, 0.3) is 0 Å². The minimum absolute atomic E-state index is 0.424. The van der Waals surface area contributed by atoms with Crippen molar-refractivity contribution >= 4 is 13.1 Å². The fourth-order valence-corrected chi connectivity index (χ4v) is 2.18. The van der Waals surface area contributed by atoms with Crippen molar-refractivity contribution in [2.24, 2.45) is 0 Å². The van der Waals surface area contributed by atoms with E-state index in [1.807, 2.05) is 34.6 Å². The number of hydrogen-bond donors (Lipinski definition) is 0. The van der Waals surface area contributed by atoms with Crippen molar-refractivity contribution in [2.75, 3.05) is 7.11 Å². The lowest BCUT2D eigenvalue weighted by Gasteiger charge is -2.32. The molecule has 130 valence electrons. The molecule has 0 saturated carbocycles. The van der Waals surface area contributed by atoms with E-state index in [4.69, 9.17) is 18.8 Å². The summed E-state index contributed by atoms with van der Waals surface area (Å²) in [7, 11) is 1.03. The van der Waals surface area contributed by atoms with E-state index in [1.165, 1.54) is 0 Å². The maximum atomic E-state index is 12.4. The third-order valence-corrected chi connectivity index (χ3v) is 4.77. The first-order valence-corrected chi connectivity index (χ1v) is 7.96. The lowest BCUT2D eigenvalue weighted by molar-refractivity contribution is -0.130. The number of methoxy groups -OCH3 is 1. The molecule has 0 N–H and O–H groups in total. The van der Waals surface area contributed by atoms with Gasteiger partial charge in [-0.15, -0.1) is 0 Å². The van der Waals surface area contributed by atoms with Crippen LogP contribution in [0.2, 0.25) is 0 Å². The number of allylic oxidation sites excluding steroid dienone is 1. The highest BCUT2D eigenvalue weighted by molar-refractivity contribution is 6.55. The SMILES string of the molecule is COc1ccc(OC(=O)/C(C)=C(/C)B2OC(C)(C)C(C)(C)O2)cc1. The molecule has 0 amide bonds. The number of esters is 1. The Labute approximate surface area is 144 Å². The Morgan fingerprint density at radius 1 is 0.958 bits per heavy atom. The Bertz CT molecular complexity index is 630. The summed E-state index contributed by atoms with van der Waals surface area (Å²) in [6, 6.07) is 6.85. The van der Waals surface area contributed by atoms with Gasteiger partial charge in [-0.3, -0.25) is 0 Å². The van der Waals surface area contributed by atoms with Crippen LogP contribution in [0.15, 0.2) is 35.3 Å². The topological polar surface area (TPSA) is 54.0 Å². The largest absolute Gasteiger partial charge is 0.497 e. The molecule has 2 rings (SSSR count). The Balaban J connectivity index is 2.12. The molecule has 0 atom stereocenters. The maximum absolute atomic E-state index is 12.4. The molecule has 0 aliphatic carbocycles. The van der Waals surface area contributed by atoms with Crippen LogP contribution in [0.4, 0.5) is 0 Å². The molecule has 1 saturated heterocycles. The third kappa shape index (κ3) is 3.65. The van der Waals surface area contributed by atoms with E-state index < -0.39 is 24.3 Å². The van der Waals surface area contributed by atoms with E-state index in [-0.39, 0.29) is 0 Å². The first kappa shape index (κ1) is 18.6. The molecule has 0 spiro atoms. The van der Waals surface area contributed by atoms with Gasteiger partial charge < -0.3 is 18.8 Å². The molecular weight excluding hydrogens is 307 g/mol. The van der Waals surface area contributed by atoms with Crippen molar-refractivity contribution in [1.29, 1.82) is 0 Å². The number of hydrogen-bond acceptors (Lipinski definition) is 5. The van der Waals surface area contributed by atoms with Crippen LogP contribution in [0, 0.1) is 0 Å². The zero-order valence-electron chi connectivity index (χ0n) is 15.4. The summed E-state index contributed by atoms with van der Waals surface area (Å²) >= 11 is 0. The molecule has 0 radical (unpaired) electrons. The fraction of sp³-hybridized carbons (Fsp3) is 0.500. The van der Waals surface area contributed by atoms with E-state index in [0.29, 0.717) is 22.5 Å². The van der Waals surface area contributed by atoms with Gasteiger partial charge >= 0.3 is 13.1 Å². The van der Waals surface area contributed by atoms with Gasteiger partial charge in [0.2, 0.25) is 0 Å². The molecule has 1 heterocycles.